The number of carbonyl (C=O) groups is 1. The van der Waals surface area contributed by atoms with E-state index in [1.54, 1.807) is 19.3 Å². The van der Waals surface area contributed by atoms with Gasteiger partial charge in [-0.1, -0.05) is 0 Å². The van der Waals surface area contributed by atoms with Gasteiger partial charge in [0.15, 0.2) is 5.65 Å². The van der Waals surface area contributed by atoms with Crippen LogP contribution in [0.1, 0.15) is 24.2 Å². The summed E-state index contributed by atoms with van der Waals surface area (Å²) in [7, 11) is 0. The van der Waals surface area contributed by atoms with Gasteiger partial charge < -0.3 is 9.47 Å². The third-order valence-corrected chi connectivity index (χ3v) is 2.82. The molecule has 0 fully saturated rings. The topological polar surface area (TPSA) is 65.7 Å². The minimum atomic E-state index is -0.447. The van der Waals surface area contributed by atoms with Crippen LogP contribution in [-0.2, 0) is 9.47 Å². The molecule has 0 N–H and O–H groups in total. The van der Waals surface area contributed by atoms with Crippen molar-refractivity contribution in [2.24, 2.45) is 0 Å². The predicted molar refractivity (Wildman–Crippen MR) is 72.1 cm³/mol. The Kier molecular flexibility index (Phi) is 4.49. The molecule has 2 aromatic heterocycles. The number of carbonyl (C=O) groups excluding carboxylic acids is 1. The van der Waals surface area contributed by atoms with Crippen LogP contribution in [0.25, 0.3) is 5.65 Å². The molecule has 0 saturated heterocycles. The van der Waals surface area contributed by atoms with Gasteiger partial charge in [-0.15, -0.1) is 0 Å². The van der Waals surface area contributed by atoms with Crippen LogP contribution in [0, 0.1) is 0 Å². The second-order valence-corrected chi connectivity index (χ2v) is 4.89. The maximum Gasteiger partial charge on any atom is 0.344 e. The zero-order chi connectivity index (χ0) is 13.8. The highest BCUT2D eigenvalue weighted by Gasteiger charge is 2.18. The van der Waals surface area contributed by atoms with E-state index in [-0.39, 0.29) is 6.10 Å². The molecule has 0 aliphatic rings. The van der Waals surface area contributed by atoms with Crippen molar-refractivity contribution in [3.8, 4) is 0 Å². The molecule has 19 heavy (non-hydrogen) atoms. The van der Waals surface area contributed by atoms with Gasteiger partial charge in [0.1, 0.15) is 11.7 Å². The van der Waals surface area contributed by atoms with E-state index in [2.05, 4.69) is 26.0 Å². The fourth-order valence-electron chi connectivity index (χ4n) is 1.56. The quantitative estimate of drug-likeness (QED) is 0.786. The molecular formula is C12H14BrN3O3. The maximum atomic E-state index is 12.0. The van der Waals surface area contributed by atoms with Crippen molar-refractivity contribution >= 4 is 27.5 Å². The van der Waals surface area contributed by atoms with Crippen molar-refractivity contribution in [2.75, 3.05) is 13.2 Å². The minimum absolute atomic E-state index is 0.308. The SMILES string of the molecule is CCOCC(C)OC(=O)c1cnn2cc(Br)cnc12. The van der Waals surface area contributed by atoms with Crippen LogP contribution in [0.2, 0.25) is 0 Å². The van der Waals surface area contributed by atoms with E-state index in [9.17, 15) is 4.79 Å². The number of hydrogen-bond acceptors (Lipinski definition) is 5. The van der Waals surface area contributed by atoms with Crippen molar-refractivity contribution in [3.05, 3.63) is 28.6 Å². The molecule has 7 heteroatoms. The van der Waals surface area contributed by atoms with Gasteiger partial charge in [0.25, 0.3) is 0 Å². The number of ether oxygens (including phenoxy) is 2. The molecule has 2 rings (SSSR count). The van der Waals surface area contributed by atoms with E-state index in [1.165, 1.54) is 10.7 Å². The first-order chi connectivity index (χ1) is 9.11. The van der Waals surface area contributed by atoms with E-state index in [0.29, 0.717) is 24.4 Å². The molecule has 102 valence electrons. The van der Waals surface area contributed by atoms with Crippen molar-refractivity contribution < 1.29 is 14.3 Å². The van der Waals surface area contributed by atoms with Crippen LogP contribution >= 0.6 is 15.9 Å². The second-order valence-electron chi connectivity index (χ2n) is 3.97. The lowest BCUT2D eigenvalue weighted by Gasteiger charge is -2.12. The Morgan fingerprint density at radius 1 is 1.53 bits per heavy atom. The number of rotatable bonds is 5. The largest absolute Gasteiger partial charge is 0.456 e. The van der Waals surface area contributed by atoms with Gasteiger partial charge in [-0.05, 0) is 29.8 Å². The van der Waals surface area contributed by atoms with Crippen LogP contribution in [0.15, 0.2) is 23.1 Å². The predicted octanol–water partition coefficient (Wildman–Crippen LogP) is 2.07. The van der Waals surface area contributed by atoms with Crippen LogP contribution in [-0.4, -0.2) is 39.9 Å². The highest BCUT2D eigenvalue weighted by Crippen LogP contribution is 2.14. The molecule has 2 heterocycles. The standard InChI is InChI=1S/C12H14BrN3O3/c1-3-18-7-8(2)19-12(17)10-5-15-16-6-9(13)4-14-11(10)16/h4-6,8H,3,7H2,1-2H3. The first kappa shape index (κ1) is 14.0. The first-order valence-corrected chi connectivity index (χ1v) is 6.68. The zero-order valence-electron chi connectivity index (χ0n) is 10.7. The Morgan fingerprint density at radius 3 is 3.05 bits per heavy atom. The van der Waals surface area contributed by atoms with E-state index < -0.39 is 5.97 Å². The number of fused-ring (bicyclic) bond motifs is 1. The lowest BCUT2D eigenvalue weighted by molar-refractivity contribution is 0.00455. The lowest BCUT2D eigenvalue weighted by Crippen LogP contribution is -2.20. The fourth-order valence-corrected chi connectivity index (χ4v) is 1.86. The second kappa shape index (κ2) is 6.12. The summed E-state index contributed by atoms with van der Waals surface area (Å²) in [6.07, 6.45) is 4.47. The van der Waals surface area contributed by atoms with Crippen molar-refractivity contribution in [1.29, 1.82) is 0 Å². The summed E-state index contributed by atoms with van der Waals surface area (Å²) < 4.78 is 12.8. The smallest absolute Gasteiger partial charge is 0.344 e. The number of hydrogen-bond donors (Lipinski definition) is 0. The van der Waals surface area contributed by atoms with Crippen LogP contribution in [0.4, 0.5) is 0 Å². The van der Waals surface area contributed by atoms with Crippen molar-refractivity contribution in [2.45, 2.75) is 20.0 Å². The molecule has 0 saturated carbocycles. The molecule has 2 aromatic rings. The van der Waals surface area contributed by atoms with Gasteiger partial charge in [0.05, 0.1) is 17.3 Å². The maximum absolute atomic E-state index is 12.0. The summed E-state index contributed by atoms with van der Waals surface area (Å²) in [6, 6.07) is 0. The Balaban J connectivity index is 2.13. The molecule has 0 aromatic carbocycles. The van der Waals surface area contributed by atoms with Crippen LogP contribution < -0.4 is 0 Å². The Hall–Kier alpha value is -1.47. The van der Waals surface area contributed by atoms with Gasteiger partial charge in [-0.3, -0.25) is 0 Å². The minimum Gasteiger partial charge on any atom is -0.456 e. The number of esters is 1. The summed E-state index contributed by atoms with van der Waals surface area (Å²) in [5, 5.41) is 4.06. The Bertz CT molecular complexity index is 585. The average molecular weight is 328 g/mol. The van der Waals surface area contributed by atoms with Gasteiger partial charge in [-0.2, -0.15) is 5.10 Å². The van der Waals surface area contributed by atoms with E-state index >= 15 is 0 Å². The van der Waals surface area contributed by atoms with Gasteiger partial charge in [0, 0.05) is 19.0 Å². The first-order valence-electron chi connectivity index (χ1n) is 5.89. The molecule has 0 amide bonds. The summed E-state index contributed by atoms with van der Waals surface area (Å²) in [6.45, 7) is 4.64. The molecule has 1 atom stereocenters. The summed E-state index contributed by atoms with van der Waals surface area (Å²) >= 11 is 3.29. The van der Waals surface area contributed by atoms with Crippen molar-refractivity contribution in [1.82, 2.24) is 14.6 Å². The number of halogens is 1. The van der Waals surface area contributed by atoms with Gasteiger partial charge in [-0.25, -0.2) is 14.3 Å². The third-order valence-electron chi connectivity index (χ3n) is 2.41. The van der Waals surface area contributed by atoms with Crippen LogP contribution in [0.5, 0.6) is 0 Å². The third kappa shape index (κ3) is 3.30. The lowest BCUT2D eigenvalue weighted by atomic mass is 10.3. The number of aromatic nitrogens is 3. The van der Waals surface area contributed by atoms with Crippen molar-refractivity contribution in [3.63, 3.8) is 0 Å². The van der Waals surface area contributed by atoms with E-state index in [4.69, 9.17) is 9.47 Å². The molecule has 0 aliphatic heterocycles. The molecule has 1 unspecified atom stereocenters. The monoisotopic (exact) mass is 327 g/mol. The highest BCUT2D eigenvalue weighted by molar-refractivity contribution is 9.10. The molecule has 0 bridgehead atoms. The average Bonchev–Trinajstić information content (AvgIpc) is 2.79. The van der Waals surface area contributed by atoms with Crippen LogP contribution in [0.3, 0.4) is 0 Å². The summed E-state index contributed by atoms with van der Waals surface area (Å²) in [5.41, 5.74) is 0.813. The van der Waals surface area contributed by atoms with E-state index in [1.807, 2.05) is 6.92 Å². The highest BCUT2D eigenvalue weighted by atomic mass is 79.9. The van der Waals surface area contributed by atoms with Gasteiger partial charge in [0.2, 0.25) is 0 Å². The fraction of sp³-hybridized carbons (Fsp3) is 0.417. The number of nitrogens with zero attached hydrogens (tertiary/aromatic N) is 3. The van der Waals surface area contributed by atoms with Gasteiger partial charge >= 0.3 is 5.97 Å². The molecule has 0 aliphatic carbocycles. The summed E-state index contributed by atoms with van der Waals surface area (Å²) in [5.74, 6) is -0.447. The Morgan fingerprint density at radius 2 is 2.32 bits per heavy atom. The normalized spacial score (nSPS) is 12.6. The summed E-state index contributed by atoms with van der Waals surface area (Å²) in [4.78, 5) is 16.1. The molecule has 0 radical (unpaired) electrons. The molecule has 6 nitrogen and oxygen atoms in total. The zero-order valence-corrected chi connectivity index (χ0v) is 12.3. The Labute approximate surface area is 118 Å². The molecule has 0 spiro atoms. The molecular weight excluding hydrogens is 314 g/mol. The van der Waals surface area contributed by atoms with E-state index in [0.717, 1.165) is 4.47 Å².